The minimum atomic E-state index is -0.668. The fourth-order valence-electron chi connectivity index (χ4n) is 8.88. The molecule has 64 heavy (non-hydrogen) atoms. The van der Waals surface area contributed by atoms with Gasteiger partial charge in [-0.1, -0.05) is 89.1 Å². The minimum Gasteiger partial charge on any atom is -0.444 e. The smallest absolute Gasteiger partial charge is 0.410 e. The summed E-state index contributed by atoms with van der Waals surface area (Å²) in [6, 6.07) is 14.9. The molecular weight excluding hydrogens is 809 g/mol. The largest absolute Gasteiger partial charge is 0.444 e. The molecule has 4 aromatic rings. The van der Waals surface area contributed by atoms with E-state index in [0.717, 1.165) is 83.8 Å². The molecule has 2 N–H and O–H groups in total. The van der Waals surface area contributed by atoms with Crippen LogP contribution in [0.5, 0.6) is 0 Å². The number of aromatic nitrogens is 4. The molecule has 6 atom stereocenters. The molecule has 2 aromatic heterocycles. The molecule has 0 aliphatic carbocycles. The molecule has 0 bridgehead atoms. The van der Waals surface area contributed by atoms with Gasteiger partial charge >= 0.3 is 12.2 Å². The number of carbonyl (C=O) groups is 4. The molecular formula is C50H70N8O6. The van der Waals surface area contributed by atoms with Crippen LogP contribution in [-0.4, -0.2) is 114 Å². The summed E-state index contributed by atoms with van der Waals surface area (Å²) in [5.41, 5.74) is 4.47. The van der Waals surface area contributed by atoms with Crippen LogP contribution in [0.1, 0.15) is 131 Å². The monoisotopic (exact) mass is 879 g/mol. The Hall–Kier alpha value is -5.66. The number of nitrogens with zero attached hydrogens (tertiary/aromatic N) is 6. The highest BCUT2D eigenvalue weighted by Crippen LogP contribution is 2.36. The predicted molar refractivity (Wildman–Crippen MR) is 249 cm³/mol. The van der Waals surface area contributed by atoms with Gasteiger partial charge in [0.15, 0.2) is 0 Å². The van der Waals surface area contributed by atoms with E-state index >= 15 is 0 Å². The number of carbonyl (C=O) groups excluding carboxylic acids is 4. The summed E-state index contributed by atoms with van der Waals surface area (Å²) < 4.78 is 11.3. The van der Waals surface area contributed by atoms with E-state index in [0.29, 0.717) is 13.1 Å². The maximum absolute atomic E-state index is 14.2. The first kappa shape index (κ1) is 47.8. The third kappa shape index (κ3) is 10.8. The van der Waals surface area contributed by atoms with Gasteiger partial charge in [-0.15, -0.1) is 0 Å². The van der Waals surface area contributed by atoms with Crippen LogP contribution in [0.15, 0.2) is 60.9 Å². The van der Waals surface area contributed by atoms with E-state index in [1.165, 1.54) is 9.80 Å². The van der Waals surface area contributed by atoms with Crippen molar-refractivity contribution in [1.29, 1.82) is 0 Å². The second-order valence-corrected chi connectivity index (χ2v) is 19.7. The Morgan fingerprint density at radius 2 is 0.953 bits per heavy atom. The fourth-order valence-corrected chi connectivity index (χ4v) is 8.88. The van der Waals surface area contributed by atoms with Gasteiger partial charge < -0.3 is 29.2 Å². The van der Waals surface area contributed by atoms with Crippen molar-refractivity contribution < 1.29 is 28.7 Å². The van der Waals surface area contributed by atoms with Crippen LogP contribution in [0.4, 0.5) is 9.59 Å². The molecule has 0 radical (unpaired) electrons. The Kier molecular flexibility index (Phi) is 14.6. The van der Waals surface area contributed by atoms with E-state index < -0.39 is 35.5 Å². The summed E-state index contributed by atoms with van der Waals surface area (Å²) in [5.74, 6) is 1.17. The van der Waals surface area contributed by atoms with Crippen molar-refractivity contribution in [2.24, 2.45) is 11.8 Å². The number of amides is 4. The van der Waals surface area contributed by atoms with Gasteiger partial charge in [-0.25, -0.2) is 19.6 Å². The molecule has 0 spiro atoms. The molecule has 14 heteroatoms. The van der Waals surface area contributed by atoms with Crippen LogP contribution in [0.25, 0.3) is 33.6 Å². The first-order valence-electron chi connectivity index (χ1n) is 23.0. The topological polar surface area (TPSA) is 157 Å². The van der Waals surface area contributed by atoms with Crippen molar-refractivity contribution in [1.82, 2.24) is 39.5 Å². The van der Waals surface area contributed by atoms with Crippen molar-refractivity contribution in [2.75, 3.05) is 27.2 Å². The van der Waals surface area contributed by atoms with Crippen LogP contribution in [-0.2, 0) is 19.1 Å². The lowest BCUT2D eigenvalue weighted by molar-refractivity contribution is -0.140. The second-order valence-electron chi connectivity index (χ2n) is 19.7. The summed E-state index contributed by atoms with van der Waals surface area (Å²) in [6.07, 6.45) is 7.37. The lowest BCUT2D eigenvalue weighted by Gasteiger charge is -2.36. The van der Waals surface area contributed by atoms with Gasteiger partial charge in [-0.05, 0) is 101 Å². The van der Waals surface area contributed by atoms with Gasteiger partial charge in [0.25, 0.3) is 0 Å². The molecule has 2 aromatic carbocycles. The number of rotatable bonds is 13. The van der Waals surface area contributed by atoms with Crippen molar-refractivity contribution >= 4 is 24.0 Å². The maximum atomic E-state index is 14.2. The van der Waals surface area contributed by atoms with Crippen molar-refractivity contribution in [3.63, 3.8) is 0 Å². The highest BCUT2D eigenvalue weighted by atomic mass is 16.6. The molecule has 4 heterocycles. The van der Waals surface area contributed by atoms with E-state index in [4.69, 9.17) is 19.4 Å². The number of likely N-dealkylation sites (tertiary alicyclic amines) is 2. The van der Waals surface area contributed by atoms with Gasteiger partial charge in [-0.2, -0.15) is 0 Å². The summed E-state index contributed by atoms with van der Waals surface area (Å²) in [6.45, 7) is 20.2. The van der Waals surface area contributed by atoms with Crippen molar-refractivity contribution in [3.8, 4) is 33.6 Å². The van der Waals surface area contributed by atoms with Crippen LogP contribution in [0.2, 0.25) is 0 Å². The predicted octanol–water partition coefficient (Wildman–Crippen LogP) is 10.0. The fraction of sp³-hybridized carbons (Fsp3) is 0.560. The minimum absolute atomic E-state index is 0.0612. The first-order chi connectivity index (χ1) is 30.2. The number of hydrogen-bond acceptors (Lipinski definition) is 8. The van der Waals surface area contributed by atoms with E-state index in [1.807, 2.05) is 91.4 Å². The highest BCUT2D eigenvalue weighted by molar-refractivity contribution is 5.87. The average molecular weight is 879 g/mol. The number of benzene rings is 2. The molecule has 346 valence electrons. The molecule has 2 aliphatic rings. The van der Waals surface area contributed by atoms with E-state index in [9.17, 15) is 19.2 Å². The summed E-state index contributed by atoms with van der Waals surface area (Å²) in [7, 11) is 3.31. The molecule has 2 aliphatic heterocycles. The zero-order chi connectivity index (χ0) is 46.7. The molecule has 1 unspecified atom stereocenters. The maximum Gasteiger partial charge on any atom is 0.410 e. The molecule has 6 rings (SSSR count). The van der Waals surface area contributed by atoms with Crippen LogP contribution in [0, 0.1) is 11.8 Å². The van der Waals surface area contributed by atoms with E-state index in [1.54, 1.807) is 14.1 Å². The van der Waals surface area contributed by atoms with Crippen LogP contribution < -0.4 is 0 Å². The molecule has 14 nitrogen and oxygen atoms in total. The first-order valence-corrected chi connectivity index (χ1v) is 23.0. The van der Waals surface area contributed by atoms with E-state index in [2.05, 4.69) is 58.5 Å². The van der Waals surface area contributed by atoms with Crippen LogP contribution in [0.3, 0.4) is 0 Å². The summed E-state index contributed by atoms with van der Waals surface area (Å²) in [5, 5.41) is 0. The molecule has 4 amide bonds. The van der Waals surface area contributed by atoms with Gasteiger partial charge in [-0.3, -0.25) is 19.4 Å². The third-order valence-corrected chi connectivity index (χ3v) is 12.7. The normalized spacial score (nSPS) is 18.6. The van der Waals surface area contributed by atoms with Gasteiger partial charge in [0, 0.05) is 27.2 Å². The summed E-state index contributed by atoms with van der Waals surface area (Å²) in [4.78, 5) is 77.8. The number of nitrogens with one attached hydrogen (secondary N) is 2. The Bertz CT molecular complexity index is 2080. The Balaban J connectivity index is 1.11. The summed E-state index contributed by atoms with van der Waals surface area (Å²) >= 11 is 0. The van der Waals surface area contributed by atoms with Gasteiger partial charge in [0.2, 0.25) is 11.8 Å². The number of likely N-dealkylation sites (N-methyl/N-ethyl adjacent to an activating group) is 2. The SMILES string of the molecule is CC[C@@H](C)[C@@H](C(=O)N1CCCC1c1ncc(-c2ccc(-c3ccc(-c4cnc([C@@H]5CCCN5C(=O)[C@H]([C@H](C)CC)N(C)C(=O)OC(C)(C)C)[nH]4)cc3)cc2)[nH]1)N(C)C(=O)OC(C)(C)C. The highest BCUT2D eigenvalue weighted by Gasteiger charge is 2.43. The van der Waals surface area contributed by atoms with Crippen LogP contribution >= 0.6 is 0 Å². The molecule has 0 saturated carbocycles. The van der Waals surface area contributed by atoms with Crippen molar-refractivity contribution in [2.45, 2.75) is 143 Å². The number of aromatic amines is 2. The number of H-pyrrole nitrogens is 2. The zero-order valence-electron chi connectivity index (χ0n) is 40.0. The Labute approximate surface area is 379 Å². The lowest BCUT2D eigenvalue weighted by atomic mass is 9.96. The third-order valence-electron chi connectivity index (χ3n) is 12.7. The molecule has 2 saturated heterocycles. The molecule has 2 fully saturated rings. The second kappa shape index (κ2) is 19.6. The zero-order valence-corrected chi connectivity index (χ0v) is 40.0. The lowest BCUT2D eigenvalue weighted by Crippen LogP contribution is -2.53. The standard InChI is InChI=1S/C50H70N8O6/c1-13-31(3)41(55(11)47(61)63-49(5,6)7)45(59)57-27-15-17-39(57)43-51-29-37(53-43)35-23-19-33(20-24-35)34-21-25-36(26-22-34)38-30-52-44(54-38)40-18-16-28-58(40)46(60)42(32(4)14-2)56(12)48(62)64-50(8,9)10/h19-26,29-32,39-42H,13-18,27-28H2,1-12H3,(H,51,53)(H,52,54)/t31-,32-,39+,40?,41+,42+/m1/s1. The number of imidazole rings is 2. The average Bonchev–Trinajstić information content (AvgIpc) is 4.09. The Morgan fingerprint density at radius 1 is 0.625 bits per heavy atom. The Morgan fingerprint density at radius 3 is 1.27 bits per heavy atom. The van der Waals surface area contributed by atoms with E-state index in [-0.39, 0.29) is 35.7 Å². The van der Waals surface area contributed by atoms with Gasteiger partial charge in [0.1, 0.15) is 34.9 Å². The van der Waals surface area contributed by atoms with Gasteiger partial charge in [0.05, 0.1) is 35.9 Å². The number of hydrogen-bond donors (Lipinski definition) is 2. The van der Waals surface area contributed by atoms with Crippen molar-refractivity contribution in [3.05, 3.63) is 72.6 Å². The quantitative estimate of drug-likeness (QED) is 0.134. The number of ether oxygens (including phenoxy) is 2.